The largest absolute Gasteiger partial charge is 0.442 e. The van der Waals surface area contributed by atoms with E-state index >= 15 is 0 Å². The Hall–Kier alpha value is -1.96. The molecule has 0 saturated heterocycles. The molecule has 1 aliphatic rings. The first kappa shape index (κ1) is 13.5. The summed E-state index contributed by atoms with van der Waals surface area (Å²) in [5, 5.41) is 8.68. The van der Waals surface area contributed by atoms with Gasteiger partial charge in [0.05, 0.1) is 0 Å². The van der Waals surface area contributed by atoms with Gasteiger partial charge in [-0.3, -0.25) is 4.79 Å². The van der Waals surface area contributed by atoms with Crippen molar-refractivity contribution in [2.75, 3.05) is 13.1 Å². The molecule has 2 rings (SSSR count). The van der Waals surface area contributed by atoms with Crippen LogP contribution in [-0.2, 0) is 5.66 Å². The average molecular weight is 272 g/mol. The summed E-state index contributed by atoms with van der Waals surface area (Å²) < 4.78 is 38.2. The molecule has 1 aliphatic heterocycles. The standard InChI is InChI=1S/C11H11F3N4O/c12-11(13,14)10(17-18-10)8-3-1-7(2-4-8)9(19)16-6-5-15/h1-4H,5-6,15H2,(H,16,19). The lowest BCUT2D eigenvalue weighted by Crippen LogP contribution is -2.31. The number of halogens is 3. The summed E-state index contributed by atoms with van der Waals surface area (Å²) >= 11 is 0. The smallest absolute Gasteiger partial charge is 0.351 e. The first-order valence-corrected chi connectivity index (χ1v) is 5.50. The summed E-state index contributed by atoms with van der Waals surface area (Å²) in [5.41, 5.74) is 2.94. The predicted molar refractivity (Wildman–Crippen MR) is 60.4 cm³/mol. The van der Waals surface area contributed by atoms with Gasteiger partial charge < -0.3 is 11.1 Å². The molecule has 0 radical (unpaired) electrons. The number of alkyl halides is 3. The number of hydrogen-bond donors (Lipinski definition) is 2. The Kier molecular flexibility index (Phi) is 3.27. The van der Waals surface area contributed by atoms with Gasteiger partial charge in [-0.25, -0.2) is 0 Å². The van der Waals surface area contributed by atoms with E-state index in [0.29, 0.717) is 13.1 Å². The number of carbonyl (C=O) groups is 1. The molecule has 0 spiro atoms. The van der Waals surface area contributed by atoms with Crippen molar-refractivity contribution in [3.63, 3.8) is 0 Å². The van der Waals surface area contributed by atoms with Crippen molar-refractivity contribution in [3.05, 3.63) is 35.4 Å². The van der Waals surface area contributed by atoms with Crippen molar-refractivity contribution in [2.45, 2.75) is 11.8 Å². The number of rotatable bonds is 4. The van der Waals surface area contributed by atoms with E-state index in [2.05, 4.69) is 15.5 Å². The van der Waals surface area contributed by atoms with E-state index < -0.39 is 11.8 Å². The molecule has 19 heavy (non-hydrogen) atoms. The lowest BCUT2D eigenvalue weighted by atomic mass is 10.0. The van der Waals surface area contributed by atoms with Crippen LogP contribution in [0.15, 0.2) is 34.5 Å². The van der Waals surface area contributed by atoms with Crippen LogP contribution in [-0.4, -0.2) is 25.2 Å². The van der Waals surface area contributed by atoms with Crippen molar-refractivity contribution in [1.29, 1.82) is 0 Å². The fourth-order valence-electron chi connectivity index (χ4n) is 1.58. The second-order valence-corrected chi connectivity index (χ2v) is 3.99. The highest BCUT2D eigenvalue weighted by atomic mass is 19.4. The van der Waals surface area contributed by atoms with E-state index in [0.717, 1.165) is 0 Å². The Morgan fingerprint density at radius 1 is 1.26 bits per heavy atom. The number of nitrogens with two attached hydrogens (primary N) is 1. The van der Waals surface area contributed by atoms with Crippen LogP contribution in [0, 0.1) is 0 Å². The molecule has 8 heteroatoms. The molecule has 1 amide bonds. The summed E-state index contributed by atoms with van der Waals surface area (Å²) in [6.45, 7) is 0.594. The molecule has 1 aromatic carbocycles. The van der Waals surface area contributed by atoms with Gasteiger partial charge in [0.25, 0.3) is 5.91 Å². The zero-order chi connectivity index (χ0) is 14.1. The highest BCUT2D eigenvalue weighted by molar-refractivity contribution is 5.94. The van der Waals surface area contributed by atoms with Gasteiger partial charge in [-0.2, -0.15) is 13.2 Å². The first-order chi connectivity index (χ1) is 8.90. The molecule has 0 aromatic heterocycles. The van der Waals surface area contributed by atoms with Gasteiger partial charge in [0.2, 0.25) is 0 Å². The summed E-state index contributed by atoms with van der Waals surface area (Å²) in [6, 6.07) is 5.01. The van der Waals surface area contributed by atoms with Crippen LogP contribution in [0.5, 0.6) is 0 Å². The molecule has 3 N–H and O–H groups in total. The fourth-order valence-corrected chi connectivity index (χ4v) is 1.58. The molecule has 1 heterocycles. The molecule has 0 atom stereocenters. The highest BCUT2D eigenvalue weighted by Crippen LogP contribution is 2.52. The van der Waals surface area contributed by atoms with Gasteiger partial charge >= 0.3 is 11.8 Å². The van der Waals surface area contributed by atoms with Gasteiger partial charge in [-0.1, -0.05) is 12.1 Å². The molecule has 0 fully saturated rings. The summed E-state index contributed by atoms with van der Waals surface area (Å²) in [6.07, 6.45) is -4.56. The van der Waals surface area contributed by atoms with Crippen LogP contribution in [0.2, 0.25) is 0 Å². The van der Waals surface area contributed by atoms with Crippen LogP contribution >= 0.6 is 0 Å². The average Bonchev–Trinajstić information content (AvgIpc) is 3.17. The third-order valence-electron chi connectivity index (χ3n) is 2.67. The van der Waals surface area contributed by atoms with Gasteiger partial charge in [0.15, 0.2) is 0 Å². The molecule has 1 aromatic rings. The Balaban J connectivity index is 2.14. The minimum Gasteiger partial charge on any atom is -0.351 e. The van der Waals surface area contributed by atoms with Crippen molar-refractivity contribution in [2.24, 2.45) is 16.0 Å². The van der Waals surface area contributed by atoms with E-state index in [4.69, 9.17) is 5.73 Å². The van der Waals surface area contributed by atoms with Crippen molar-refractivity contribution in [1.82, 2.24) is 5.32 Å². The lowest BCUT2D eigenvalue weighted by molar-refractivity contribution is -0.166. The quantitative estimate of drug-likeness (QED) is 0.872. The Labute approximate surface area is 106 Å². The lowest BCUT2D eigenvalue weighted by Gasteiger charge is -2.14. The second-order valence-electron chi connectivity index (χ2n) is 3.99. The van der Waals surface area contributed by atoms with Crippen LogP contribution in [0.25, 0.3) is 0 Å². The van der Waals surface area contributed by atoms with E-state index in [1.54, 1.807) is 0 Å². The topological polar surface area (TPSA) is 79.8 Å². The Morgan fingerprint density at radius 2 is 1.84 bits per heavy atom. The number of benzene rings is 1. The molecule has 0 saturated carbocycles. The molecule has 102 valence electrons. The first-order valence-electron chi connectivity index (χ1n) is 5.50. The third kappa shape index (κ3) is 2.43. The van der Waals surface area contributed by atoms with E-state index in [1.807, 2.05) is 0 Å². The maximum absolute atomic E-state index is 12.7. The van der Waals surface area contributed by atoms with Crippen LogP contribution in [0.3, 0.4) is 0 Å². The zero-order valence-electron chi connectivity index (χ0n) is 9.74. The maximum atomic E-state index is 12.7. The van der Waals surface area contributed by atoms with Crippen LogP contribution in [0.4, 0.5) is 13.2 Å². The number of hydrogen-bond acceptors (Lipinski definition) is 4. The fraction of sp³-hybridized carbons (Fsp3) is 0.364. The molecule has 0 bridgehead atoms. The Morgan fingerprint density at radius 3 is 2.26 bits per heavy atom. The van der Waals surface area contributed by atoms with Gasteiger partial charge in [-0.15, -0.1) is 10.2 Å². The molecule has 0 aliphatic carbocycles. The summed E-state index contributed by atoms with van der Waals surface area (Å²) in [4.78, 5) is 11.5. The predicted octanol–water partition coefficient (Wildman–Crippen LogP) is 1.56. The number of carbonyl (C=O) groups excluding carboxylic acids is 1. The minimum atomic E-state index is -4.56. The molecular formula is C11H11F3N4O. The van der Waals surface area contributed by atoms with Crippen LogP contribution < -0.4 is 11.1 Å². The van der Waals surface area contributed by atoms with Gasteiger partial charge in [0.1, 0.15) is 0 Å². The van der Waals surface area contributed by atoms with E-state index in [9.17, 15) is 18.0 Å². The highest BCUT2D eigenvalue weighted by Gasteiger charge is 2.65. The second kappa shape index (κ2) is 4.61. The molecular weight excluding hydrogens is 261 g/mol. The van der Waals surface area contributed by atoms with Gasteiger partial charge in [-0.05, 0) is 12.1 Å². The summed E-state index contributed by atoms with van der Waals surface area (Å²) in [5.74, 6) is -0.386. The molecule has 5 nitrogen and oxygen atoms in total. The molecule has 0 unspecified atom stereocenters. The van der Waals surface area contributed by atoms with Crippen LogP contribution in [0.1, 0.15) is 15.9 Å². The SMILES string of the molecule is NCCNC(=O)c1ccc(C2(C(F)(F)F)N=N2)cc1. The zero-order valence-corrected chi connectivity index (χ0v) is 9.74. The summed E-state index contributed by atoms with van der Waals surface area (Å²) in [7, 11) is 0. The number of amides is 1. The maximum Gasteiger partial charge on any atom is 0.442 e. The van der Waals surface area contributed by atoms with E-state index in [-0.39, 0.29) is 17.0 Å². The number of nitrogens with zero attached hydrogens (tertiary/aromatic N) is 2. The van der Waals surface area contributed by atoms with Crippen molar-refractivity contribution >= 4 is 5.91 Å². The monoisotopic (exact) mass is 272 g/mol. The third-order valence-corrected chi connectivity index (χ3v) is 2.67. The number of nitrogens with one attached hydrogen (secondary N) is 1. The van der Waals surface area contributed by atoms with Crippen molar-refractivity contribution < 1.29 is 18.0 Å². The normalized spacial score (nSPS) is 16.2. The minimum absolute atomic E-state index is 0.102. The Bertz CT molecular complexity index is 504. The van der Waals surface area contributed by atoms with E-state index in [1.165, 1.54) is 24.3 Å². The van der Waals surface area contributed by atoms with Crippen molar-refractivity contribution in [3.8, 4) is 0 Å². The van der Waals surface area contributed by atoms with Gasteiger partial charge in [0, 0.05) is 24.2 Å².